The van der Waals surface area contributed by atoms with Gasteiger partial charge in [-0.05, 0) is 24.6 Å². The number of pyridine rings is 2. The van der Waals surface area contributed by atoms with Crippen molar-refractivity contribution >= 4 is 23.2 Å². The summed E-state index contributed by atoms with van der Waals surface area (Å²) in [4.78, 5) is 22.5. The zero-order valence-corrected chi connectivity index (χ0v) is 20.6. The first-order valence-electron chi connectivity index (χ1n) is 11.3. The van der Waals surface area contributed by atoms with Crippen LogP contribution in [0, 0.1) is 6.92 Å². The molecule has 1 aliphatic rings. The first kappa shape index (κ1) is 25.8. The Kier molecular flexibility index (Phi) is 7.10. The van der Waals surface area contributed by atoms with Gasteiger partial charge in [0.15, 0.2) is 11.5 Å². The van der Waals surface area contributed by atoms with Crippen molar-refractivity contribution in [2.45, 2.75) is 25.6 Å². The largest absolute Gasteiger partial charge is 0.434 e. The number of hydrogen-bond donors (Lipinski definition) is 1. The van der Waals surface area contributed by atoms with Crippen LogP contribution in [0.5, 0.6) is 0 Å². The van der Waals surface area contributed by atoms with Crippen LogP contribution in [-0.4, -0.2) is 66.6 Å². The number of nitrogens with one attached hydrogen (secondary N) is 1. The molecule has 1 aliphatic heterocycles. The molecule has 0 aliphatic carbocycles. The second kappa shape index (κ2) is 10.5. The van der Waals surface area contributed by atoms with E-state index in [1.807, 2.05) is 0 Å². The number of nitrogens with zero attached hydrogens (tertiary/aromatic N) is 7. The van der Waals surface area contributed by atoms with Gasteiger partial charge in [-0.1, -0.05) is 11.6 Å². The Morgan fingerprint density at radius 3 is 2.61 bits per heavy atom. The molecule has 0 unspecified atom stereocenters. The fourth-order valence-electron chi connectivity index (χ4n) is 3.92. The van der Waals surface area contributed by atoms with Gasteiger partial charge in [-0.25, -0.2) is 9.67 Å². The second-order valence-corrected chi connectivity index (χ2v) is 8.76. The molecule has 5 rings (SSSR count). The summed E-state index contributed by atoms with van der Waals surface area (Å²) < 4.78 is 54.5. The van der Waals surface area contributed by atoms with Gasteiger partial charge < -0.3 is 14.8 Å². The highest BCUT2D eigenvalue weighted by molar-refractivity contribution is 6.32. The third kappa shape index (κ3) is 5.37. The minimum Gasteiger partial charge on any atom is -0.376 e. The number of halogens is 4. The minimum atomic E-state index is -4.90. The molecule has 1 atom stereocenters. The van der Waals surface area contributed by atoms with Crippen molar-refractivity contribution < 1.29 is 27.4 Å². The molecule has 4 aromatic rings. The van der Waals surface area contributed by atoms with Gasteiger partial charge in [0.2, 0.25) is 0 Å². The number of amides is 1. The number of anilines is 1. The summed E-state index contributed by atoms with van der Waals surface area (Å²) in [6.45, 7) is 2.90. The summed E-state index contributed by atoms with van der Waals surface area (Å²) >= 11 is 6.21. The van der Waals surface area contributed by atoms with Gasteiger partial charge in [-0.15, -0.1) is 4.80 Å². The van der Waals surface area contributed by atoms with E-state index in [0.717, 1.165) is 6.20 Å². The fraction of sp³-hybridized carbons (Fsp3) is 0.304. The third-order valence-corrected chi connectivity index (χ3v) is 5.93. The molecular formula is C23H20ClF3N8O3. The van der Waals surface area contributed by atoms with Crippen LogP contribution < -0.4 is 5.32 Å². The minimum absolute atomic E-state index is 0.0776. The molecule has 11 nitrogen and oxygen atoms in total. The van der Waals surface area contributed by atoms with Crippen LogP contribution in [0.4, 0.5) is 18.9 Å². The number of aromatic nitrogens is 7. The number of ether oxygens (including phenoxy) is 2. The van der Waals surface area contributed by atoms with E-state index >= 15 is 0 Å². The number of carbonyl (C=O) groups is 1. The average molecular weight is 549 g/mol. The van der Waals surface area contributed by atoms with Crippen LogP contribution in [0.2, 0.25) is 5.02 Å². The molecule has 0 saturated carbocycles. The highest BCUT2D eigenvalue weighted by Gasteiger charge is 2.41. The van der Waals surface area contributed by atoms with Gasteiger partial charge >= 0.3 is 6.18 Å². The topological polar surface area (TPSA) is 122 Å². The van der Waals surface area contributed by atoms with E-state index in [9.17, 15) is 18.0 Å². The molecule has 4 aromatic heterocycles. The maximum Gasteiger partial charge on any atom is 0.434 e. The first-order valence-corrected chi connectivity index (χ1v) is 11.7. The van der Waals surface area contributed by atoms with Crippen molar-refractivity contribution in [2.75, 3.05) is 25.1 Å². The summed E-state index contributed by atoms with van der Waals surface area (Å²) in [7, 11) is 0. The maximum absolute atomic E-state index is 14.3. The van der Waals surface area contributed by atoms with E-state index in [2.05, 4.69) is 30.6 Å². The Morgan fingerprint density at radius 1 is 1.13 bits per heavy atom. The molecule has 1 N–H and O–H groups in total. The van der Waals surface area contributed by atoms with Crippen LogP contribution >= 0.6 is 11.6 Å². The van der Waals surface area contributed by atoms with Gasteiger partial charge in [0.05, 0.1) is 72.7 Å². The van der Waals surface area contributed by atoms with Crippen LogP contribution in [-0.2, 0) is 22.1 Å². The van der Waals surface area contributed by atoms with Crippen molar-refractivity contribution in [1.29, 1.82) is 0 Å². The molecular weight excluding hydrogens is 529 g/mol. The van der Waals surface area contributed by atoms with Gasteiger partial charge in [-0.2, -0.15) is 28.5 Å². The third-order valence-electron chi connectivity index (χ3n) is 5.65. The van der Waals surface area contributed by atoms with Crippen molar-refractivity contribution in [2.24, 2.45) is 0 Å². The van der Waals surface area contributed by atoms with E-state index in [4.69, 9.17) is 21.1 Å². The monoisotopic (exact) mass is 548 g/mol. The Morgan fingerprint density at radius 2 is 1.92 bits per heavy atom. The molecule has 0 spiro atoms. The second-order valence-electron chi connectivity index (χ2n) is 8.35. The molecule has 0 bridgehead atoms. The van der Waals surface area contributed by atoms with Gasteiger partial charge in [0.1, 0.15) is 0 Å². The standard InChI is InChI=1S/C23H20ClF3N8O3/c1-13-9-28-14(6-16-12-37-4-5-38-16)8-19(13)34-20(23(25,26)27)17(11-32-34)22(36)33-15-7-18(24)21(29-10-15)35-30-2-3-31-35/h2-3,7-11,16H,4-6,12H2,1H3,(H,33,36)/t16-/m1/s1. The smallest absolute Gasteiger partial charge is 0.376 e. The van der Waals surface area contributed by atoms with Gasteiger partial charge in [0.25, 0.3) is 5.91 Å². The Labute approximate surface area is 218 Å². The molecule has 15 heteroatoms. The Hall–Kier alpha value is -3.88. The summed E-state index contributed by atoms with van der Waals surface area (Å²) in [5.74, 6) is -0.848. The van der Waals surface area contributed by atoms with Crippen molar-refractivity contribution in [3.63, 3.8) is 0 Å². The predicted molar refractivity (Wildman–Crippen MR) is 127 cm³/mol. The summed E-state index contributed by atoms with van der Waals surface area (Å²) in [6, 6.07) is 2.84. The molecule has 1 amide bonds. The lowest BCUT2D eigenvalue weighted by Gasteiger charge is -2.23. The normalized spacial score (nSPS) is 16.0. The molecule has 198 valence electrons. The van der Waals surface area contributed by atoms with Crippen LogP contribution in [0.3, 0.4) is 0 Å². The Balaban J connectivity index is 1.44. The zero-order chi connectivity index (χ0) is 26.9. The molecule has 1 saturated heterocycles. The number of aryl methyl sites for hydroxylation is 1. The van der Waals surface area contributed by atoms with E-state index in [1.54, 1.807) is 6.92 Å². The van der Waals surface area contributed by atoms with Crippen LogP contribution in [0.15, 0.2) is 43.1 Å². The van der Waals surface area contributed by atoms with E-state index in [-0.39, 0.29) is 28.3 Å². The first-order chi connectivity index (χ1) is 18.2. The lowest BCUT2D eigenvalue weighted by Crippen LogP contribution is -2.30. The number of hydrogen-bond acceptors (Lipinski definition) is 8. The van der Waals surface area contributed by atoms with Crippen molar-refractivity contribution in [1.82, 2.24) is 34.7 Å². The average Bonchev–Trinajstić information content (AvgIpc) is 3.56. The molecule has 0 aromatic carbocycles. The SMILES string of the molecule is Cc1cnc(C[C@@H]2COCCO2)cc1-n1ncc(C(=O)Nc2cnc(-n3nccn3)c(Cl)c2)c1C(F)(F)F. The highest BCUT2D eigenvalue weighted by Crippen LogP contribution is 2.35. The lowest BCUT2D eigenvalue weighted by atomic mass is 10.1. The summed E-state index contributed by atoms with van der Waals surface area (Å²) in [6.07, 6.45) is 1.60. The lowest BCUT2D eigenvalue weighted by molar-refractivity contribution is -0.143. The summed E-state index contributed by atoms with van der Waals surface area (Å²) in [5, 5.41) is 14.2. The molecule has 38 heavy (non-hydrogen) atoms. The number of rotatable bonds is 6. The van der Waals surface area contributed by atoms with Gasteiger partial charge in [0, 0.05) is 18.3 Å². The highest BCUT2D eigenvalue weighted by atomic mass is 35.5. The van der Waals surface area contributed by atoms with Crippen molar-refractivity contribution in [3.8, 4) is 11.5 Å². The van der Waals surface area contributed by atoms with E-state index in [0.29, 0.717) is 42.2 Å². The zero-order valence-electron chi connectivity index (χ0n) is 19.8. The Bertz CT molecular complexity index is 1450. The van der Waals surface area contributed by atoms with Crippen LogP contribution in [0.25, 0.3) is 11.5 Å². The maximum atomic E-state index is 14.3. The predicted octanol–water partition coefficient (Wildman–Crippen LogP) is 3.43. The molecule has 0 radical (unpaired) electrons. The molecule has 1 fully saturated rings. The van der Waals surface area contributed by atoms with Crippen molar-refractivity contribution in [3.05, 3.63) is 70.7 Å². The van der Waals surface area contributed by atoms with E-state index in [1.165, 1.54) is 41.7 Å². The van der Waals surface area contributed by atoms with E-state index < -0.39 is 23.3 Å². The number of alkyl halides is 3. The fourth-order valence-corrected chi connectivity index (χ4v) is 4.16. The van der Waals surface area contributed by atoms with Gasteiger partial charge in [-0.3, -0.25) is 9.78 Å². The number of carbonyl (C=O) groups excluding carboxylic acids is 1. The summed E-state index contributed by atoms with van der Waals surface area (Å²) in [5.41, 5.74) is -0.748. The quantitative estimate of drug-likeness (QED) is 0.389. The molecule has 5 heterocycles. The van der Waals surface area contributed by atoms with Crippen LogP contribution in [0.1, 0.15) is 27.3 Å².